The highest BCUT2D eigenvalue weighted by molar-refractivity contribution is 6.07. The number of aromatic nitrogens is 1. The third kappa shape index (κ3) is 1.78. The Labute approximate surface area is 116 Å². The van der Waals surface area contributed by atoms with Gasteiger partial charge in [-0.25, -0.2) is 4.79 Å². The Balaban J connectivity index is 2.02. The van der Waals surface area contributed by atoms with E-state index in [1.54, 1.807) is 0 Å². The van der Waals surface area contributed by atoms with Crippen LogP contribution in [0.25, 0.3) is 10.9 Å². The van der Waals surface area contributed by atoms with Gasteiger partial charge in [0.15, 0.2) is 0 Å². The molecule has 0 N–H and O–H groups in total. The first-order valence-electron chi connectivity index (χ1n) is 6.48. The molecule has 0 saturated heterocycles. The number of carbonyl (C=O) groups excluding carboxylic acids is 1. The first-order valence-corrected chi connectivity index (χ1v) is 6.48. The van der Waals surface area contributed by atoms with Crippen molar-refractivity contribution in [3.8, 4) is 0 Å². The predicted molar refractivity (Wildman–Crippen MR) is 75.7 cm³/mol. The lowest BCUT2D eigenvalue weighted by molar-refractivity contribution is -0.152. The highest BCUT2D eigenvalue weighted by atomic mass is 16.7. The highest BCUT2D eigenvalue weighted by Gasteiger charge is 2.32. The van der Waals surface area contributed by atoms with E-state index < -0.39 is 6.10 Å². The lowest BCUT2D eigenvalue weighted by Gasteiger charge is -2.05. The number of para-hydroxylation sites is 1. The van der Waals surface area contributed by atoms with Crippen molar-refractivity contribution >= 4 is 22.6 Å². The molecule has 1 aromatic carbocycles. The summed E-state index contributed by atoms with van der Waals surface area (Å²) in [6.45, 7) is 2.06. The molecule has 0 spiro atoms. The Kier molecular flexibility index (Phi) is 2.97. The number of benzene rings is 1. The minimum absolute atomic E-state index is 0.389. The van der Waals surface area contributed by atoms with Crippen molar-refractivity contribution in [3.05, 3.63) is 35.5 Å². The molecular formula is C15H16N2O3. The van der Waals surface area contributed by atoms with Gasteiger partial charge in [-0.15, -0.1) is 0 Å². The minimum atomic E-state index is -0.632. The summed E-state index contributed by atoms with van der Waals surface area (Å²) in [5, 5.41) is 5.26. The maximum absolute atomic E-state index is 11.5. The van der Waals surface area contributed by atoms with E-state index in [1.165, 1.54) is 12.5 Å². The monoisotopic (exact) mass is 272 g/mol. The van der Waals surface area contributed by atoms with Crippen LogP contribution >= 0.6 is 0 Å². The van der Waals surface area contributed by atoms with Gasteiger partial charge >= 0.3 is 5.97 Å². The van der Waals surface area contributed by atoms with Gasteiger partial charge in [-0.2, -0.15) is 0 Å². The molecule has 0 bridgehead atoms. The van der Waals surface area contributed by atoms with Crippen LogP contribution in [0.1, 0.15) is 17.7 Å². The highest BCUT2D eigenvalue weighted by Crippen LogP contribution is 2.28. The lowest BCUT2D eigenvalue weighted by atomic mass is 10.1. The van der Waals surface area contributed by atoms with Gasteiger partial charge in [-0.05, 0) is 18.6 Å². The van der Waals surface area contributed by atoms with Gasteiger partial charge in [-0.3, -0.25) is 0 Å². The van der Waals surface area contributed by atoms with Crippen molar-refractivity contribution in [2.75, 3.05) is 7.11 Å². The maximum Gasteiger partial charge on any atom is 0.350 e. The lowest BCUT2D eigenvalue weighted by Crippen LogP contribution is -2.22. The second kappa shape index (κ2) is 4.67. The first kappa shape index (κ1) is 12.7. The third-order valence-corrected chi connectivity index (χ3v) is 3.77. The molecule has 1 aromatic heterocycles. The van der Waals surface area contributed by atoms with Crippen LogP contribution in [-0.2, 0) is 21.4 Å². The van der Waals surface area contributed by atoms with Crippen molar-refractivity contribution in [2.45, 2.75) is 19.4 Å². The summed E-state index contributed by atoms with van der Waals surface area (Å²) < 4.78 is 6.78. The number of hydrogen-bond donors (Lipinski definition) is 0. The smallest absolute Gasteiger partial charge is 0.350 e. The number of fused-ring (bicyclic) bond motifs is 1. The molecule has 0 saturated carbocycles. The molecule has 1 aliphatic heterocycles. The maximum atomic E-state index is 11.5. The molecule has 20 heavy (non-hydrogen) atoms. The molecule has 5 nitrogen and oxygen atoms in total. The number of rotatable bonds is 2. The van der Waals surface area contributed by atoms with Gasteiger partial charge in [0.1, 0.15) is 5.71 Å². The average Bonchev–Trinajstić information content (AvgIpc) is 3.03. The zero-order valence-electron chi connectivity index (χ0n) is 11.7. The molecule has 2 heterocycles. The second-order valence-electron chi connectivity index (χ2n) is 4.91. The molecule has 0 aliphatic carbocycles. The van der Waals surface area contributed by atoms with Gasteiger partial charge in [0, 0.05) is 24.4 Å². The molecule has 2 aromatic rings. The summed E-state index contributed by atoms with van der Waals surface area (Å²) in [7, 11) is 3.35. The van der Waals surface area contributed by atoms with Crippen molar-refractivity contribution < 1.29 is 14.4 Å². The Morgan fingerprint density at radius 3 is 2.90 bits per heavy atom. The van der Waals surface area contributed by atoms with Gasteiger partial charge in [0.25, 0.3) is 0 Å². The number of ether oxygens (including phenoxy) is 1. The molecule has 1 unspecified atom stereocenters. The quantitative estimate of drug-likeness (QED) is 0.787. The van der Waals surface area contributed by atoms with E-state index in [9.17, 15) is 4.79 Å². The summed E-state index contributed by atoms with van der Waals surface area (Å²) in [6, 6.07) is 8.18. The Bertz CT molecular complexity index is 676. The molecular weight excluding hydrogens is 256 g/mol. The van der Waals surface area contributed by atoms with Crippen LogP contribution in [0.5, 0.6) is 0 Å². The molecule has 104 valence electrons. The largest absolute Gasteiger partial charge is 0.466 e. The van der Waals surface area contributed by atoms with Crippen LogP contribution < -0.4 is 0 Å². The number of methoxy groups -OCH3 is 1. The van der Waals surface area contributed by atoms with Gasteiger partial charge in [0.2, 0.25) is 6.10 Å². The average molecular weight is 272 g/mol. The number of carbonyl (C=O) groups is 1. The molecule has 5 heteroatoms. The summed E-state index contributed by atoms with van der Waals surface area (Å²) in [6.07, 6.45) is -0.190. The van der Waals surface area contributed by atoms with Crippen LogP contribution in [0.3, 0.4) is 0 Å². The van der Waals surface area contributed by atoms with Gasteiger partial charge < -0.3 is 14.1 Å². The van der Waals surface area contributed by atoms with Crippen LogP contribution in [-0.4, -0.2) is 29.5 Å². The molecule has 1 atom stereocenters. The number of hydrogen-bond acceptors (Lipinski definition) is 4. The third-order valence-electron chi connectivity index (χ3n) is 3.77. The fraction of sp³-hybridized carbons (Fsp3) is 0.333. The van der Waals surface area contributed by atoms with Crippen molar-refractivity contribution in [1.29, 1.82) is 0 Å². The zero-order chi connectivity index (χ0) is 14.3. The SMILES string of the molecule is COC(=O)C1CC(c2c(C)c3ccccc3n2C)=NO1. The predicted octanol–water partition coefficient (Wildman–Crippen LogP) is 2.15. The molecule has 0 fully saturated rings. The Morgan fingerprint density at radius 1 is 1.45 bits per heavy atom. The van der Waals surface area contributed by atoms with E-state index >= 15 is 0 Å². The summed E-state index contributed by atoms with van der Waals surface area (Å²) >= 11 is 0. The Hall–Kier alpha value is -2.30. The number of oxime groups is 1. The molecule has 0 amide bonds. The molecule has 1 aliphatic rings. The van der Waals surface area contributed by atoms with Gasteiger partial charge in [0.05, 0.1) is 12.8 Å². The van der Waals surface area contributed by atoms with Crippen LogP contribution in [0.4, 0.5) is 0 Å². The van der Waals surface area contributed by atoms with E-state index in [0.717, 1.165) is 22.5 Å². The van der Waals surface area contributed by atoms with Crippen LogP contribution in [0.15, 0.2) is 29.4 Å². The molecule has 0 radical (unpaired) electrons. The van der Waals surface area contributed by atoms with E-state index in [-0.39, 0.29) is 5.97 Å². The number of nitrogens with zero attached hydrogens (tertiary/aromatic N) is 2. The summed E-state index contributed by atoms with van der Waals surface area (Å²) in [4.78, 5) is 16.7. The van der Waals surface area contributed by atoms with Crippen molar-refractivity contribution in [1.82, 2.24) is 4.57 Å². The standard InChI is InChI=1S/C15H16N2O3/c1-9-10-6-4-5-7-12(10)17(2)14(9)11-8-13(20-16-11)15(18)19-3/h4-7,13H,8H2,1-3H3. The Morgan fingerprint density at radius 2 is 2.20 bits per heavy atom. The molecule has 3 rings (SSSR count). The topological polar surface area (TPSA) is 52.8 Å². The fourth-order valence-electron chi connectivity index (χ4n) is 2.77. The van der Waals surface area contributed by atoms with E-state index in [1.807, 2.05) is 19.2 Å². The summed E-state index contributed by atoms with van der Waals surface area (Å²) in [5.41, 5.74) is 4.09. The van der Waals surface area contributed by atoms with Crippen LogP contribution in [0, 0.1) is 6.92 Å². The minimum Gasteiger partial charge on any atom is -0.466 e. The zero-order valence-corrected chi connectivity index (χ0v) is 11.7. The fourth-order valence-corrected chi connectivity index (χ4v) is 2.77. The van der Waals surface area contributed by atoms with Crippen molar-refractivity contribution in [3.63, 3.8) is 0 Å². The number of aryl methyl sites for hydroxylation is 2. The van der Waals surface area contributed by atoms with Crippen molar-refractivity contribution in [2.24, 2.45) is 12.2 Å². The van der Waals surface area contributed by atoms with E-state index in [0.29, 0.717) is 6.42 Å². The van der Waals surface area contributed by atoms with Crippen LogP contribution in [0.2, 0.25) is 0 Å². The summed E-state index contributed by atoms with van der Waals surface area (Å²) in [5.74, 6) is -0.389. The van der Waals surface area contributed by atoms with E-state index in [4.69, 9.17) is 9.57 Å². The van der Waals surface area contributed by atoms with Gasteiger partial charge in [-0.1, -0.05) is 23.4 Å². The second-order valence-corrected chi connectivity index (χ2v) is 4.91. The normalized spacial score (nSPS) is 17.9. The van der Waals surface area contributed by atoms with E-state index in [2.05, 4.69) is 28.8 Å². The first-order chi connectivity index (χ1) is 9.63. The number of esters is 1.